The number of aliphatic hydroxyl groups is 1. The van der Waals surface area contributed by atoms with Crippen molar-refractivity contribution >= 4 is 28.5 Å². The minimum Gasteiger partial charge on any atom is -0.508 e. The predicted octanol–water partition coefficient (Wildman–Crippen LogP) is 4.64. The summed E-state index contributed by atoms with van der Waals surface area (Å²) in [6, 6.07) is 15.4. The Kier molecular flexibility index (Phi) is 11.6. The Bertz CT molecular complexity index is 1380. The highest BCUT2D eigenvalue weighted by Gasteiger charge is 2.38. The normalized spacial score (nSPS) is 13.7. The van der Waals surface area contributed by atoms with Crippen LogP contribution in [0.15, 0.2) is 65.6 Å². The summed E-state index contributed by atoms with van der Waals surface area (Å²) in [5.41, 5.74) is 2.48. The standard InChI is InChI=1S/C27H28FNO5S.CH4O.CH2O/c1-3-34-27(31)16-12-19-11-13-20(17-23(19)28)29(35(32,33)26-10-5-4-7-18(26)2)24-15-14-22-21(24)8-6-9-25(22)30;2*1-2/h4-11,13,17,24,30H,3,12,14-16H2,1-2H3;2H,1H3;1H2. The van der Waals surface area contributed by atoms with Crippen molar-refractivity contribution < 1.29 is 37.3 Å². The van der Waals surface area contributed by atoms with Gasteiger partial charge in [-0.15, -0.1) is 0 Å². The zero-order chi connectivity index (χ0) is 29.2. The van der Waals surface area contributed by atoms with Gasteiger partial charge in [0, 0.05) is 13.5 Å². The van der Waals surface area contributed by atoms with E-state index in [1.165, 1.54) is 16.4 Å². The maximum absolute atomic E-state index is 15.1. The number of ether oxygens (including phenoxy) is 1. The molecule has 1 aliphatic rings. The van der Waals surface area contributed by atoms with Gasteiger partial charge in [0.15, 0.2) is 0 Å². The third kappa shape index (κ3) is 7.01. The minimum atomic E-state index is -4.08. The largest absolute Gasteiger partial charge is 0.508 e. The van der Waals surface area contributed by atoms with Crippen LogP contribution in [0.25, 0.3) is 0 Å². The molecule has 3 aromatic rings. The summed E-state index contributed by atoms with van der Waals surface area (Å²) in [6.45, 7) is 5.68. The Morgan fingerprint density at radius 1 is 1.10 bits per heavy atom. The van der Waals surface area contributed by atoms with Gasteiger partial charge in [-0.2, -0.15) is 0 Å². The lowest BCUT2D eigenvalue weighted by atomic mass is 10.1. The smallest absolute Gasteiger partial charge is 0.306 e. The van der Waals surface area contributed by atoms with Gasteiger partial charge < -0.3 is 19.7 Å². The fourth-order valence-electron chi connectivity index (χ4n) is 4.64. The number of carbonyl (C=O) groups is 2. The van der Waals surface area contributed by atoms with Crippen molar-refractivity contribution in [2.75, 3.05) is 18.0 Å². The van der Waals surface area contributed by atoms with Gasteiger partial charge in [0.05, 0.1) is 23.2 Å². The van der Waals surface area contributed by atoms with Gasteiger partial charge >= 0.3 is 5.97 Å². The number of benzene rings is 3. The Labute approximate surface area is 228 Å². The Balaban J connectivity index is 0.00000127. The molecule has 39 heavy (non-hydrogen) atoms. The second-order valence-electron chi connectivity index (χ2n) is 8.55. The van der Waals surface area contributed by atoms with Gasteiger partial charge in [-0.05, 0) is 79.6 Å². The van der Waals surface area contributed by atoms with Crippen LogP contribution in [0.3, 0.4) is 0 Å². The summed E-state index contributed by atoms with van der Waals surface area (Å²) >= 11 is 0. The number of fused-ring (bicyclic) bond motifs is 1. The molecule has 4 rings (SSSR count). The quantitative estimate of drug-likeness (QED) is 0.386. The van der Waals surface area contributed by atoms with Crippen LogP contribution in [0, 0.1) is 12.7 Å². The molecule has 210 valence electrons. The van der Waals surface area contributed by atoms with Crippen molar-refractivity contribution in [1.29, 1.82) is 0 Å². The van der Waals surface area contributed by atoms with Crippen molar-refractivity contribution in [2.45, 2.75) is 50.5 Å². The third-order valence-corrected chi connectivity index (χ3v) is 8.32. The molecule has 0 saturated carbocycles. The van der Waals surface area contributed by atoms with Crippen LogP contribution in [-0.4, -0.2) is 45.1 Å². The zero-order valence-corrected chi connectivity index (χ0v) is 23.1. The number of esters is 1. The van der Waals surface area contributed by atoms with Crippen molar-refractivity contribution in [3.8, 4) is 5.75 Å². The van der Waals surface area contributed by atoms with Gasteiger partial charge in [0.2, 0.25) is 0 Å². The molecule has 1 aliphatic carbocycles. The number of hydrogen-bond donors (Lipinski definition) is 2. The molecule has 3 aromatic carbocycles. The lowest BCUT2D eigenvalue weighted by Gasteiger charge is -2.32. The Morgan fingerprint density at radius 2 is 1.79 bits per heavy atom. The SMILES string of the molecule is C=O.CCOC(=O)CCc1ccc(N(C2CCc3c(O)cccc32)S(=O)(=O)c2ccccc2C)cc1F.CO. The van der Waals surface area contributed by atoms with E-state index in [0.29, 0.717) is 35.1 Å². The number of halogens is 1. The van der Waals surface area contributed by atoms with E-state index < -0.39 is 27.9 Å². The maximum Gasteiger partial charge on any atom is 0.306 e. The van der Waals surface area contributed by atoms with Crippen molar-refractivity contribution in [1.82, 2.24) is 0 Å². The van der Waals surface area contributed by atoms with E-state index in [1.54, 1.807) is 62.4 Å². The number of aromatic hydroxyl groups is 1. The zero-order valence-electron chi connectivity index (χ0n) is 22.3. The summed E-state index contributed by atoms with van der Waals surface area (Å²) in [5, 5.41) is 17.3. The first kappa shape index (κ1) is 31.5. The molecule has 0 aromatic heterocycles. The molecule has 0 amide bonds. The molecule has 0 heterocycles. The molecule has 1 atom stereocenters. The Hall–Kier alpha value is -3.76. The van der Waals surface area contributed by atoms with Gasteiger partial charge in [-0.25, -0.2) is 12.8 Å². The number of anilines is 1. The summed E-state index contributed by atoms with van der Waals surface area (Å²) < 4.78 is 49.3. The second kappa shape index (κ2) is 14.4. The van der Waals surface area contributed by atoms with E-state index in [-0.39, 0.29) is 35.8 Å². The molecule has 0 fully saturated rings. The van der Waals surface area contributed by atoms with Gasteiger partial charge in [0.1, 0.15) is 18.4 Å². The van der Waals surface area contributed by atoms with Crippen LogP contribution in [0.5, 0.6) is 5.75 Å². The fraction of sp³-hybridized carbons (Fsp3) is 0.310. The third-order valence-electron chi connectivity index (χ3n) is 6.32. The van der Waals surface area contributed by atoms with E-state index in [2.05, 4.69) is 0 Å². The number of aryl methyl sites for hydroxylation is 2. The number of aliphatic hydroxyl groups excluding tert-OH is 1. The van der Waals surface area contributed by atoms with E-state index in [0.717, 1.165) is 7.11 Å². The van der Waals surface area contributed by atoms with Gasteiger partial charge in [0.25, 0.3) is 10.0 Å². The average molecular weight is 560 g/mol. The summed E-state index contributed by atoms with van der Waals surface area (Å²) in [5.74, 6) is -0.883. The van der Waals surface area contributed by atoms with Crippen LogP contribution >= 0.6 is 0 Å². The van der Waals surface area contributed by atoms with Crippen LogP contribution in [-0.2, 0) is 37.2 Å². The molecule has 0 aliphatic heterocycles. The highest BCUT2D eigenvalue weighted by molar-refractivity contribution is 7.92. The first-order valence-corrected chi connectivity index (χ1v) is 13.8. The lowest BCUT2D eigenvalue weighted by Crippen LogP contribution is -2.34. The van der Waals surface area contributed by atoms with E-state index in [1.807, 2.05) is 6.79 Å². The summed E-state index contributed by atoms with van der Waals surface area (Å²) in [4.78, 5) is 19.8. The number of hydrogen-bond acceptors (Lipinski definition) is 7. The highest BCUT2D eigenvalue weighted by Crippen LogP contribution is 2.44. The number of phenolic OH excluding ortho intramolecular Hbond substituents is 1. The molecule has 8 nitrogen and oxygen atoms in total. The van der Waals surface area contributed by atoms with Crippen molar-refractivity contribution in [3.05, 3.63) is 88.7 Å². The Morgan fingerprint density at radius 3 is 2.44 bits per heavy atom. The molecule has 2 N–H and O–H groups in total. The molecule has 1 unspecified atom stereocenters. The molecule has 0 bridgehead atoms. The topological polar surface area (TPSA) is 121 Å². The summed E-state index contributed by atoms with van der Waals surface area (Å²) in [7, 11) is -3.08. The molecule has 0 radical (unpaired) electrons. The fourth-order valence-corrected chi connectivity index (χ4v) is 6.52. The number of nitrogens with zero attached hydrogens (tertiary/aromatic N) is 1. The number of rotatable bonds is 8. The van der Waals surface area contributed by atoms with Gasteiger partial charge in [-0.3, -0.25) is 9.10 Å². The van der Waals surface area contributed by atoms with E-state index in [4.69, 9.17) is 14.6 Å². The number of carbonyl (C=O) groups excluding carboxylic acids is 2. The lowest BCUT2D eigenvalue weighted by molar-refractivity contribution is -0.143. The average Bonchev–Trinajstić information content (AvgIpc) is 3.35. The maximum atomic E-state index is 15.1. The summed E-state index contributed by atoms with van der Waals surface area (Å²) in [6.07, 6.45) is 1.14. The molecule has 0 saturated heterocycles. The van der Waals surface area contributed by atoms with Crippen molar-refractivity contribution in [2.24, 2.45) is 0 Å². The first-order valence-electron chi connectivity index (χ1n) is 12.3. The van der Waals surface area contributed by atoms with Crippen LogP contribution in [0.2, 0.25) is 0 Å². The van der Waals surface area contributed by atoms with E-state index in [9.17, 15) is 18.3 Å². The minimum absolute atomic E-state index is 0.0323. The van der Waals surface area contributed by atoms with Crippen LogP contribution < -0.4 is 4.31 Å². The van der Waals surface area contributed by atoms with Gasteiger partial charge in [-0.1, -0.05) is 36.4 Å². The molecular weight excluding hydrogens is 525 g/mol. The van der Waals surface area contributed by atoms with Crippen LogP contribution in [0.1, 0.15) is 48.1 Å². The van der Waals surface area contributed by atoms with Crippen molar-refractivity contribution in [3.63, 3.8) is 0 Å². The highest BCUT2D eigenvalue weighted by atomic mass is 32.2. The number of phenols is 1. The second-order valence-corrected chi connectivity index (χ2v) is 10.3. The molecule has 0 spiro atoms. The van der Waals surface area contributed by atoms with Crippen LogP contribution in [0.4, 0.5) is 10.1 Å². The molecule has 10 heteroatoms. The predicted molar refractivity (Wildman–Crippen MR) is 147 cm³/mol. The monoisotopic (exact) mass is 559 g/mol. The van der Waals surface area contributed by atoms with E-state index >= 15 is 4.39 Å². The first-order chi connectivity index (χ1) is 18.7. The number of sulfonamides is 1. The molecular formula is C29H34FNO7S.